The van der Waals surface area contributed by atoms with Crippen LogP contribution in [-0.4, -0.2) is 4.98 Å². The van der Waals surface area contributed by atoms with Gasteiger partial charge in [0.05, 0.1) is 11.7 Å². The molecule has 3 rings (SSSR count). The summed E-state index contributed by atoms with van der Waals surface area (Å²) in [6, 6.07) is 7.59. The number of benzene rings is 1. The van der Waals surface area contributed by atoms with Crippen molar-refractivity contribution in [2.75, 3.05) is 0 Å². The molecule has 0 fully saturated rings. The lowest BCUT2D eigenvalue weighted by Crippen LogP contribution is -2.25. The molecule has 1 aromatic carbocycles. The van der Waals surface area contributed by atoms with Crippen LogP contribution >= 0.6 is 0 Å². The number of aromatic nitrogens is 1. The summed E-state index contributed by atoms with van der Waals surface area (Å²) >= 11 is 0. The topological polar surface area (TPSA) is 24.9 Å². The monoisotopic (exact) mass is 274 g/mol. The Balaban J connectivity index is 1.82. The third kappa shape index (κ3) is 2.31. The summed E-state index contributed by atoms with van der Waals surface area (Å²) < 4.78 is 27.6. The normalized spacial score (nSPS) is 18.9. The number of fused-ring (bicyclic) bond motifs is 1. The number of nitrogens with zero attached hydrogens (tertiary/aromatic N) is 1. The molecule has 0 saturated carbocycles. The van der Waals surface area contributed by atoms with E-state index in [0.717, 1.165) is 18.5 Å². The van der Waals surface area contributed by atoms with Gasteiger partial charge >= 0.3 is 0 Å². The minimum absolute atomic E-state index is 0.0557. The molecule has 20 heavy (non-hydrogen) atoms. The molecular formula is C16H16F2N2. The summed E-state index contributed by atoms with van der Waals surface area (Å²) in [4.78, 5) is 4.38. The van der Waals surface area contributed by atoms with Gasteiger partial charge in [0.1, 0.15) is 11.6 Å². The zero-order chi connectivity index (χ0) is 14.1. The van der Waals surface area contributed by atoms with Crippen molar-refractivity contribution in [2.45, 2.75) is 31.8 Å². The Kier molecular flexibility index (Phi) is 3.49. The van der Waals surface area contributed by atoms with Gasteiger partial charge in [0.25, 0.3) is 0 Å². The molecule has 1 aliphatic carbocycles. The van der Waals surface area contributed by atoms with E-state index in [9.17, 15) is 8.78 Å². The van der Waals surface area contributed by atoms with Crippen LogP contribution < -0.4 is 5.32 Å². The molecule has 0 saturated heterocycles. The van der Waals surface area contributed by atoms with Crippen molar-refractivity contribution in [3.05, 3.63) is 65.0 Å². The minimum Gasteiger partial charge on any atom is -0.302 e. The van der Waals surface area contributed by atoms with Gasteiger partial charge in [-0.3, -0.25) is 4.98 Å². The van der Waals surface area contributed by atoms with Gasteiger partial charge in [-0.25, -0.2) is 8.78 Å². The fourth-order valence-corrected chi connectivity index (χ4v) is 2.88. The maximum Gasteiger partial charge on any atom is 0.130 e. The van der Waals surface area contributed by atoms with E-state index in [4.69, 9.17) is 0 Å². The van der Waals surface area contributed by atoms with Gasteiger partial charge < -0.3 is 5.32 Å². The highest BCUT2D eigenvalue weighted by molar-refractivity contribution is 5.29. The third-order valence-electron chi connectivity index (χ3n) is 3.84. The molecule has 1 heterocycles. The molecule has 2 atom stereocenters. The highest BCUT2D eigenvalue weighted by atomic mass is 19.1. The largest absolute Gasteiger partial charge is 0.302 e. The van der Waals surface area contributed by atoms with Crippen LogP contribution in [0.5, 0.6) is 0 Å². The van der Waals surface area contributed by atoms with E-state index in [-0.39, 0.29) is 11.6 Å². The van der Waals surface area contributed by atoms with E-state index in [1.165, 1.54) is 23.8 Å². The van der Waals surface area contributed by atoms with Crippen LogP contribution in [0.15, 0.2) is 36.5 Å². The third-order valence-corrected chi connectivity index (χ3v) is 3.84. The molecule has 0 spiro atoms. The molecule has 2 aromatic rings. The first kappa shape index (κ1) is 13.2. The number of rotatable bonds is 3. The van der Waals surface area contributed by atoms with Gasteiger partial charge in [-0.1, -0.05) is 12.1 Å². The first-order valence-corrected chi connectivity index (χ1v) is 6.80. The van der Waals surface area contributed by atoms with Gasteiger partial charge in [-0.15, -0.1) is 0 Å². The molecule has 4 heteroatoms. The van der Waals surface area contributed by atoms with Crippen LogP contribution in [0.1, 0.15) is 42.2 Å². The van der Waals surface area contributed by atoms with E-state index in [1.807, 2.05) is 6.07 Å². The maximum atomic E-state index is 13.8. The second-order valence-electron chi connectivity index (χ2n) is 5.16. The predicted octanol–water partition coefficient (Wildman–Crippen LogP) is 3.70. The summed E-state index contributed by atoms with van der Waals surface area (Å²) in [6.45, 7) is 1.78. The lowest BCUT2D eigenvalue weighted by molar-refractivity contribution is 0.427. The van der Waals surface area contributed by atoms with Gasteiger partial charge in [0, 0.05) is 17.8 Å². The van der Waals surface area contributed by atoms with Crippen molar-refractivity contribution in [3.63, 3.8) is 0 Å². The van der Waals surface area contributed by atoms with Crippen molar-refractivity contribution in [1.29, 1.82) is 0 Å². The lowest BCUT2D eigenvalue weighted by Gasteiger charge is -2.21. The van der Waals surface area contributed by atoms with Crippen LogP contribution in [0.4, 0.5) is 8.78 Å². The number of halogens is 2. The predicted molar refractivity (Wildman–Crippen MR) is 73.2 cm³/mol. The van der Waals surface area contributed by atoms with Gasteiger partial charge in [0.2, 0.25) is 0 Å². The van der Waals surface area contributed by atoms with Crippen molar-refractivity contribution in [1.82, 2.24) is 10.3 Å². The lowest BCUT2D eigenvalue weighted by atomic mass is 10.1. The average molecular weight is 274 g/mol. The first-order valence-electron chi connectivity index (χ1n) is 6.80. The molecule has 0 radical (unpaired) electrons. The van der Waals surface area contributed by atoms with Crippen molar-refractivity contribution in [3.8, 4) is 0 Å². The van der Waals surface area contributed by atoms with Crippen molar-refractivity contribution < 1.29 is 8.78 Å². The molecular weight excluding hydrogens is 258 g/mol. The van der Waals surface area contributed by atoms with E-state index < -0.39 is 17.7 Å². The number of hydrogen-bond donors (Lipinski definition) is 1. The molecule has 0 aliphatic heterocycles. The summed E-state index contributed by atoms with van der Waals surface area (Å²) in [5.41, 5.74) is 2.30. The zero-order valence-electron chi connectivity index (χ0n) is 11.2. The van der Waals surface area contributed by atoms with Crippen LogP contribution in [0, 0.1) is 11.6 Å². The van der Waals surface area contributed by atoms with E-state index >= 15 is 0 Å². The Labute approximate surface area is 116 Å². The molecule has 0 bridgehead atoms. The van der Waals surface area contributed by atoms with Crippen molar-refractivity contribution >= 4 is 0 Å². The van der Waals surface area contributed by atoms with Gasteiger partial charge in [0.15, 0.2) is 0 Å². The highest BCUT2D eigenvalue weighted by Crippen LogP contribution is 2.32. The Bertz CT molecular complexity index is 607. The maximum absolute atomic E-state index is 13.8. The molecule has 2 unspecified atom stereocenters. The Morgan fingerprint density at radius 1 is 1.20 bits per heavy atom. The molecule has 0 amide bonds. The van der Waals surface area contributed by atoms with Crippen LogP contribution in [0.25, 0.3) is 0 Å². The second kappa shape index (κ2) is 5.29. The van der Waals surface area contributed by atoms with Crippen LogP contribution in [0.3, 0.4) is 0 Å². The highest BCUT2D eigenvalue weighted by Gasteiger charge is 2.26. The van der Waals surface area contributed by atoms with E-state index in [0.29, 0.717) is 0 Å². The molecule has 104 valence electrons. The summed E-state index contributed by atoms with van der Waals surface area (Å²) in [5.74, 6) is -1.02. The SMILES string of the molecule is CC(NC1CCc2cccnc21)c1c(F)cccc1F. The number of pyridine rings is 1. The van der Waals surface area contributed by atoms with Gasteiger partial charge in [-0.2, -0.15) is 0 Å². The summed E-state index contributed by atoms with van der Waals surface area (Å²) in [6.07, 6.45) is 3.62. The standard InChI is InChI=1S/C16H16F2N2/c1-10(15-12(17)5-2-6-13(15)18)20-14-8-7-11-4-3-9-19-16(11)14/h2-6,9-10,14,20H,7-8H2,1H3. The number of nitrogens with one attached hydrogen (secondary N) is 1. The number of hydrogen-bond acceptors (Lipinski definition) is 2. The molecule has 1 aliphatic rings. The average Bonchev–Trinajstić information content (AvgIpc) is 2.82. The fourth-order valence-electron chi connectivity index (χ4n) is 2.88. The van der Waals surface area contributed by atoms with E-state index in [1.54, 1.807) is 13.1 Å². The summed E-state index contributed by atoms with van der Waals surface area (Å²) in [5, 5.41) is 3.29. The summed E-state index contributed by atoms with van der Waals surface area (Å²) in [7, 11) is 0. The van der Waals surface area contributed by atoms with Crippen LogP contribution in [0.2, 0.25) is 0 Å². The van der Waals surface area contributed by atoms with Gasteiger partial charge in [-0.05, 0) is 43.5 Å². The first-order chi connectivity index (χ1) is 9.66. The molecule has 2 nitrogen and oxygen atoms in total. The molecule has 1 aromatic heterocycles. The zero-order valence-corrected chi connectivity index (χ0v) is 11.2. The minimum atomic E-state index is -0.510. The molecule has 1 N–H and O–H groups in total. The fraction of sp³-hybridized carbons (Fsp3) is 0.312. The smallest absolute Gasteiger partial charge is 0.130 e. The van der Waals surface area contributed by atoms with Crippen molar-refractivity contribution in [2.24, 2.45) is 0 Å². The number of aryl methyl sites for hydroxylation is 1. The van der Waals surface area contributed by atoms with E-state index in [2.05, 4.69) is 16.4 Å². The Morgan fingerprint density at radius 2 is 1.95 bits per heavy atom. The van der Waals surface area contributed by atoms with Crippen LogP contribution in [-0.2, 0) is 6.42 Å². The quantitative estimate of drug-likeness (QED) is 0.923. The Morgan fingerprint density at radius 3 is 2.70 bits per heavy atom. The Hall–Kier alpha value is -1.81. The second-order valence-corrected chi connectivity index (χ2v) is 5.16.